The number of benzene rings is 2. The second kappa shape index (κ2) is 6.06. The summed E-state index contributed by atoms with van der Waals surface area (Å²) in [7, 11) is 0. The number of hydrogen-bond acceptors (Lipinski definition) is 2. The first-order chi connectivity index (χ1) is 9.38. The highest BCUT2D eigenvalue weighted by Gasteiger charge is 2.14. The van der Waals surface area contributed by atoms with Crippen molar-refractivity contribution in [1.29, 1.82) is 0 Å². The van der Waals surface area contributed by atoms with Crippen molar-refractivity contribution in [2.24, 2.45) is 0 Å². The summed E-state index contributed by atoms with van der Waals surface area (Å²) in [5.74, 6) is 0.241. The third-order valence-electron chi connectivity index (χ3n) is 2.75. The molecule has 2 aromatic carbocycles. The molecule has 0 aliphatic heterocycles. The van der Waals surface area contributed by atoms with Crippen molar-refractivity contribution in [1.82, 2.24) is 0 Å². The Hall–Kier alpha value is -1.20. The molecular weight excluding hydrogens is 391 g/mol. The van der Waals surface area contributed by atoms with Crippen LogP contribution in [0.2, 0.25) is 0 Å². The molecule has 0 amide bonds. The first-order valence-electron chi connectivity index (χ1n) is 5.82. The maximum absolute atomic E-state index is 13.6. The average molecular weight is 402 g/mol. The molecule has 0 aliphatic rings. The van der Waals surface area contributed by atoms with Crippen LogP contribution in [0, 0.1) is 12.7 Å². The maximum Gasteiger partial charge on any atom is 0.163 e. The fraction of sp³-hybridized carbons (Fsp3) is 0.133. The van der Waals surface area contributed by atoms with E-state index in [0.717, 1.165) is 8.95 Å². The number of halogens is 3. The Balaban J connectivity index is 2.47. The predicted octanol–water partition coefficient (Wildman–Crippen LogP) is 5.65. The summed E-state index contributed by atoms with van der Waals surface area (Å²) in [4.78, 5) is 11.6. The molecule has 0 saturated carbocycles. The molecule has 0 N–H and O–H groups in total. The van der Waals surface area contributed by atoms with E-state index in [1.54, 1.807) is 13.0 Å². The van der Waals surface area contributed by atoms with Gasteiger partial charge in [-0.15, -0.1) is 0 Å². The van der Waals surface area contributed by atoms with Crippen molar-refractivity contribution < 1.29 is 13.9 Å². The predicted molar refractivity (Wildman–Crippen MR) is 83.1 cm³/mol. The second-order valence-electron chi connectivity index (χ2n) is 4.33. The monoisotopic (exact) mass is 400 g/mol. The van der Waals surface area contributed by atoms with E-state index < -0.39 is 5.82 Å². The van der Waals surface area contributed by atoms with Crippen LogP contribution in [-0.4, -0.2) is 5.78 Å². The molecule has 0 aliphatic carbocycles. The molecule has 0 aromatic heterocycles. The maximum atomic E-state index is 13.6. The van der Waals surface area contributed by atoms with Crippen molar-refractivity contribution in [3.8, 4) is 11.5 Å². The largest absolute Gasteiger partial charge is 0.455 e. The molecule has 104 valence electrons. The second-order valence-corrected chi connectivity index (χ2v) is 6.10. The number of aryl methyl sites for hydroxylation is 1. The van der Waals surface area contributed by atoms with Crippen LogP contribution in [0.15, 0.2) is 39.3 Å². The number of carbonyl (C=O) groups is 1. The highest BCUT2D eigenvalue weighted by Crippen LogP contribution is 2.34. The van der Waals surface area contributed by atoms with Crippen molar-refractivity contribution >= 4 is 37.6 Å². The van der Waals surface area contributed by atoms with Gasteiger partial charge in [-0.2, -0.15) is 0 Å². The minimum atomic E-state index is -0.419. The summed E-state index contributed by atoms with van der Waals surface area (Å²) in [6.07, 6.45) is 0. The molecule has 0 fully saturated rings. The van der Waals surface area contributed by atoms with Gasteiger partial charge in [0.2, 0.25) is 0 Å². The van der Waals surface area contributed by atoms with Crippen molar-refractivity contribution in [3.63, 3.8) is 0 Å². The lowest BCUT2D eigenvalue weighted by Crippen LogP contribution is -2.00. The van der Waals surface area contributed by atoms with Crippen LogP contribution in [0.5, 0.6) is 11.5 Å². The van der Waals surface area contributed by atoms with Gasteiger partial charge in [-0.05, 0) is 65.7 Å². The third kappa shape index (κ3) is 3.27. The molecule has 0 unspecified atom stereocenters. The quantitative estimate of drug-likeness (QED) is 0.620. The van der Waals surface area contributed by atoms with Crippen LogP contribution >= 0.6 is 31.9 Å². The average Bonchev–Trinajstić information content (AvgIpc) is 2.36. The van der Waals surface area contributed by atoms with Crippen LogP contribution in [-0.2, 0) is 0 Å². The van der Waals surface area contributed by atoms with E-state index in [1.807, 2.05) is 12.1 Å². The number of Topliss-reactive ketones (excluding diaryl/α,β-unsaturated/α-hetero) is 1. The van der Waals surface area contributed by atoms with E-state index in [9.17, 15) is 9.18 Å². The van der Waals surface area contributed by atoms with Crippen molar-refractivity contribution in [3.05, 3.63) is 56.2 Å². The number of ether oxygens (including phenoxy) is 1. The molecule has 0 saturated heterocycles. The fourth-order valence-corrected chi connectivity index (χ4v) is 2.82. The molecule has 5 heteroatoms. The molecule has 0 spiro atoms. The van der Waals surface area contributed by atoms with Gasteiger partial charge in [-0.25, -0.2) is 4.39 Å². The highest BCUT2D eigenvalue weighted by atomic mass is 79.9. The normalized spacial score (nSPS) is 10.4. The molecule has 20 heavy (non-hydrogen) atoms. The minimum Gasteiger partial charge on any atom is -0.455 e. The van der Waals surface area contributed by atoms with Crippen molar-refractivity contribution in [2.75, 3.05) is 0 Å². The van der Waals surface area contributed by atoms with Crippen molar-refractivity contribution in [2.45, 2.75) is 13.8 Å². The molecule has 0 heterocycles. The summed E-state index contributed by atoms with van der Waals surface area (Å²) < 4.78 is 20.9. The van der Waals surface area contributed by atoms with Gasteiger partial charge < -0.3 is 4.74 Å². The Morgan fingerprint density at radius 1 is 1.15 bits per heavy atom. The van der Waals surface area contributed by atoms with Gasteiger partial charge in [-0.1, -0.05) is 15.9 Å². The van der Waals surface area contributed by atoms with Crippen LogP contribution in [0.3, 0.4) is 0 Å². The Morgan fingerprint density at radius 2 is 1.85 bits per heavy atom. The lowest BCUT2D eigenvalue weighted by atomic mass is 10.1. The number of ketones is 1. The van der Waals surface area contributed by atoms with E-state index in [-0.39, 0.29) is 11.3 Å². The summed E-state index contributed by atoms with van der Waals surface area (Å²) in [5.41, 5.74) is 0.654. The van der Waals surface area contributed by atoms with Gasteiger partial charge >= 0.3 is 0 Å². The van der Waals surface area contributed by atoms with Crippen LogP contribution in [0.1, 0.15) is 22.8 Å². The molecule has 0 atom stereocenters. The molecule has 0 bridgehead atoms. The number of rotatable bonds is 3. The molecule has 2 rings (SSSR count). The van der Waals surface area contributed by atoms with Gasteiger partial charge in [0.15, 0.2) is 5.78 Å². The smallest absolute Gasteiger partial charge is 0.163 e. The van der Waals surface area contributed by atoms with Crippen LogP contribution in [0.25, 0.3) is 0 Å². The zero-order chi connectivity index (χ0) is 14.9. The summed E-state index contributed by atoms with van der Waals surface area (Å²) in [6, 6.07) is 8.15. The molecular formula is C15H11Br2FO2. The standard InChI is InChI=1S/C15H11Br2FO2/c1-8-5-15(11(9(2)19)7-13(8)18)20-14-4-3-10(16)6-12(14)17/h3-7H,1-2H3. The van der Waals surface area contributed by atoms with Gasteiger partial charge in [0.1, 0.15) is 17.3 Å². The summed E-state index contributed by atoms with van der Waals surface area (Å²) in [6.45, 7) is 3.01. The van der Waals surface area contributed by atoms with Gasteiger partial charge in [0, 0.05) is 4.47 Å². The zero-order valence-electron chi connectivity index (χ0n) is 10.8. The highest BCUT2D eigenvalue weighted by molar-refractivity contribution is 9.11. The Labute approximate surface area is 133 Å². The van der Waals surface area contributed by atoms with Crippen LogP contribution < -0.4 is 4.74 Å². The summed E-state index contributed by atoms with van der Waals surface area (Å²) in [5, 5.41) is 0. The van der Waals surface area contributed by atoms with E-state index >= 15 is 0 Å². The Bertz CT molecular complexity index is 684. The molecule has 2 aromatic rings. The van der Waals surface area contributed by atoms with Gasteiger partial charge in [0.25, 0.3) is 0 Å². The van der Waals surface area contributed by atoms with Crippen LogP contribution in [0.4, 0.5) is 4.39 Å². The lowest BCUT2D eigenvalue weighted by Gasteiger charge is -2.12. The van der Waals surface area contributed by atoms with E-state index in [2.05, 4.69) is 31.9 Å². The van der Waals surface area contributed by atoms with E-state index in [1.165, 1.54) is 19.1 Å². The minimum absolute atomic E-state index is 0.225. The molecule has 0 radical (unpaired) electrons. The lowest BCUT2D eigenvalue weighted by molar-refractivity contribution is 0.101. The summed E-state index contributed by atoms with van der Waals surface area (Å²) >= 11 is 6.74. The first-order valence-corrected chi connectivity index (χ1v) is 7.41. The number of carbonyl (C=O) groups excluding carboxylic acids is 1. The Kier molecular flexibility index (Phi) is 4.60. The van der Waals surface area contributed by atoms with Gasteiger partial charge in [-0.3, -0.25) is 4.79 Å². The zero-order valence-corrected chi connectivity index (χ0v) is 14.0. The van der Waals surface area contributed by atoms with E-state index in [0.29, 0.717) is 17.1 Å². The SMILES string of the molecule is CC(=O)c1cc(F)c(C)cc1Oc1ccc(Br)cc1Br. The molecule has 2 nitrogen and oxygen atoms in total. The fourth-order valence-electron chi connectivity index (χ4n) is 1.69. The Morgan fingerprint density at radius 3 is 2.45 bits per heavy atom. The third-order valence-corrected chi connectivity index (χ3v) is 3.87. The van der Waals surface area contributed by atoms with Gasteiger partial charge in [0.05, 0.1) is 10.0 Å². The number of hydrogen-bond donors (Lipinski definition) is 0. The van der Waals surface area contributed by atoms with E-state index in [4.69, 9.17) is 4.74 Å². The first kappa shape index (κ1) is 15.2. The topological polar surface area (TPSA) is 26.3 Å².